The Labute approximate surface area is 150 Å². The number of nitro groups is 1. The quantitative estimate of drug-likeness (QED) is 0.235. The summed E-state index contributed by atoms with van der Waals surface area (Å²) in [5.74, 6) is 0.701. The molecule has 2 N–H and O–H groups in total. The minimum atomic E-state index is -0.383. The van der Waals surface area contributed by atoms with Gasteiger partial charge in [-0.25, -0.2) is 0 Å². The number of hydrogen-bond acceptors (Lipinski definition) is 4. The first-order valence-electron chi connectivity index (χ1n) is 8.78. The van der Waals surface area contributed by atoms with Crippen molar-refractivity contribution < 1.29 is 4.92 Å². The van der Waals surface area contributed by atoms with E-state index in [4.69, 9.17) is 0 Å². The van der Waals surface area contributed by atoms with Gasteiger partial charge in [0.25, 0.3) is 5.69 Å². The molecule has 7 heteroatoms. The monoisotopic (exact) mass is 349 g/mol. The zero-order chi connectivity index (χ0) is 18.8. The number of rotatable bonds is 9. The van der Waals surface area contributed by atoms with Crippen LogP contribution in [-0.2, 0) is 6.54 Å². The number of nitro benzene ring substituents is 1. The number of hydrogen-bond donors (Lipinski definition) is 2. The fourth-order valence-electron chi connectivity index (χ4n) is 2.77. The average Bonchev–Trinajstić information content (AvgIpc) is 2.56. The zero-order valence-electron chi connectivity index (χ0n) is 16.0. The molecule has 0 atom stereocenters. The summed E-state index contributed by atoms with van der Waals surface area (Å²) in [5.41, 5.74) is 0.952. The van der Waals surface area contributed by atoms with Gasteiger partial charge in [-0.1, -0.05) is 12.1 Å². The summed E-state index contributed by atoms with van der Waals surface area (Å²) in [7, 11) is 1.72. The second-order valence-corrected chi connectivity index (χ2v) is 6.56. The molecular formula is C18H31N5O2. The molecule has 0 saturated heterocycles. The number of nitrogens with one attached hydrogen (secondary N) is 2. The highest BCUT2D eigenvalue weighted by molar-refractivity contribution is 5.79. The summed E-state index contributed by atoms with van der Waals surface area (Å²) >= 11 is 0. The Kier molecular flexibility index (Phi) is 8.91. The third-order valence-electron chi connectivity index (χ3n) is 4.02. The van der Waals surface area contributed by atoms with Gasteiger partial charge in [0.05, 0.1) is 4.92 Å². The fourth-order valence-corrected chi connectivity index (χ4v) is 2.77. The highest BCUT2D eigenvalue weighted by atomic mass is 16.6. The minimum Gasteiger partial charge on any atom is -0.356 e. The Morgan fingerprint density at radius 3 is 2.48 bits per heavy atom. The third-order valence-corrected chi connectivity index (χ3v) is 4.02. The first kappa shape index (κ1) is 20.9. The molecule has 1 aromatic carbocycles. The Hall–Kier alpha value is -2.15. The largest absolute Gasteiger partial charge is 0.356 e. The van der Waals surface area contributed by atoms with Crippen molar-refractivity contribution in [1.82, 2.24) is 15.5 Å². The van der Waals surface area contributed by atoms with E-state index >= 15 is 0 Å². The SMILES string of the molecule is CN=C(NCCCN(C(C)C)C(C)C)NCc1cccc([N+](=O)[O-])c1. The summed E-state index contributed by atoms with van der Waals surface area (Å²) in [6.07, 6.45) is 1.02. The third kappa shape index (κ3) is 7.51. The maximum Gasteiger partial charge on any atom is 0.269 e. The van der Waals surface area contributed by atoms with E-state index in [0.29, 0.717) is 24.6 Å². The van der Waals surface area contributed by atoms with Crippen LogP contribution in [0.1, 0.15) is 39.7 Å². The molecular weight excluding hydrogens is 318 g/mol. The van der Waals surface area contributed by atoms with Gasteiger partial charge in [-0.2, -0.15) is 0 Å². The molecule has 0 bridgehead atoms. The minimum absolute atomic E-state index is 0.102. The second kappa shape index (κ2) is 10.7. The summed E-state index contributed by atoms with van der Waals surface area (Å²) in [6, 6.07) is 7.68. The van der Waals surface area contributed by atoms with Crippen LogP contribution in [0.4, 0.5) is 5.69 Å². The number of non-ortho nitro benzene ring substituents is 1. The van der Waals surface area contributed by atoms with E-state index in [0.717, 1.165) is 25.1 Å². The van der Waals surface area contributed by atoms with E-state index in [1.807, 2.05) is 6.07 Å². The highest BCUT2D eigenvalue weighted by Crippen LogP contribution is 2.12. The van der Waals surface area contributed by atoms with Gasteiger partial charge in [-0.3, -0.25) is 20.0 Å². The molecule has 0 fully saturated rings. The van der Waals surface area contributed by atoms with Crippen LogP contribution >= 0.6 is 0 Å². The Morgan fingerprint density at radius 1 is 1.24 bits per heavy atom. The highest BCUT2D eigenvalue weighted by Gasteiger charge is 2.12. The van der Waals surface area contributed by atoms with Gasteiger partial charge >= 0.3 is 0 Å². The molecule has 0 radical (unpaired) electrons. The Balaban J connectivity index is 2.40. The van der Waals surface area contributed by atoms with Crippen LogP contribution in [0.15, 0.2) is 29.3 Å². The van der Waals surface area contributed by atoms with Gasteiger partial charge in [0, 0.05) is 50.9 Å². The lowest BCUT2D eigenvalue weighted by atomic mass is 10.2. The van der Waals surface area contributed by atoms with Crippen LogP contribution in [0.5, 0.6) is 0 Å². The van der Waals surface area contributed by atoms with Crippen molar-refractivity contribution in [2.75, 3.05) is 20.1 Å². The standard InChI is InChI=1S/C18H31N5O2/c1-14(2)22(15(3)4)11-7-10-20-18(19-5)21-13-16-8-6-9-17(12-16)23(24)25/h6,8-9,12,14-15H,7,10-11,13H2,1-5H3,(H2,19,20,21). The van der Waals surface area contributed by atoms with Crippen molar-refractivity contribution in [2.24, 2.45) is 4.99 Å². The molecule has 0 aromatic heterocycles. The molecule has 0 saturated carbocycles. The molecule has 1 aromatic rings. The van der Waals surface area contributed by atoms with Gasteiger partial charge in [0.2, 0.25) is 0 Å². The van der Waals surface area contributed by atoms with Crippen LogP contribution < -0.4 is 10.6 Å². The van der Waals surface area contributed by atoms with Crippen molar-refractivity contribution in [2.45, 2.75) is 52.7 Å². The second-order valence-electron chi connectivity index (χ2n) is 6.56. The zero-order valence-corrected chi connectivity index (χ0v) is 16.0. The normalized spacial score (nSPS) is 12.1. The number of benzene rings is 1. The van der Waals surface area contributed by atoms with Crippen molar-refractivity contribution in [3.05, 3.63) is 39.9 Å². The molecule has 140 valence electrons. The molecule has 7 nitrogen and oxygen atoms in total. The van der Waals surface area contributed by atoms with Gasteiger partial charge in [-0.05, 0) is 39.7 Å². The van der Waals surface area contributed by atoms with Crippen molar-refractivity contribution in [3.8, 4) is 0 Å². The lowest BCUT2D eigenvalue weighted by Gasteiger charge is -2.30. The van der Waals surface area contributed by atoms with E-state index < -0.39 is 0 Å². The predicted molar refractivity (Wildman–Crippen MR) is 103 cm³/mol. The van der Waals surface area contributed by atoms with Crippen LogP contribution in [0.3, 0.4) is 0 Å². The maximum absolute atomic E-state index is 10.8. The fraction of sp³-hybridized carbons (Fsp3) is 0.611. The van der Waals surface area contributed by atoms with Crippen molar-refractivity contribution >= 4 is 11.6 Å². The van der Waals surface area contributed by atoms with Gasteiger partial charge < -0.3 is 10.6 Å². The first-order chi connectivity index (χ1) is 11.8. The molecule has 0 spiro atoms. The summed E-state index contributed by atoms with van der Waals surface area (Å²) in [4.78, 5) is 17.1. The molecule has 0 unspecified atom stereocenters. The van der Waals surface area contributed by atoms with Crippen molar-refractivity contribution in [1.29, 1.82) is 0 Å². The van der Waals surface area contributed by atoms with Crippen LogP contribution in [0, 0.1) is 10.1 Å². The molecule has 0 amide bonds. The summed E-state index contributed by atoms with van der Waals surface area (Å²) in [6.45, 7) is 11.2. The van der Waals surface area contributed by atoms with Crippen molar-refractivity contribution in [3.63, 3.8) is 0 Å². The van der Waals surface area contributed by atoms with Gasteiger partial charge in [0.1, 0.15) is 0 Å². The molecule has 1 rings (SSSR count). The average molecular weight is 349 g/mol. The van der Waals surface area contributed by atoms with Crippen LogP contribution in [-0.4, -0.2) is 48.0 Å². The van der Waals surface area contributed by atoms with E-state index in [9.17, 15) is 10.1 Å². The first-order valence-corrected chi connectivity index (χ1v) is 8.78. The Morgan fingerprint density at radius 2 is 1.92 bits per heavy atom. The molecule has 0 aliphatic heterocycles. The van der Waals surface area contributed by atoms with E-state index in [1.165, 1.54) is 6.07 Å². The predicted octanol–water partition coefficient (Wildman–Crippen LogP) is 2.77. The number of aliphatic imine (C=N–C) groups is 1. The molecule has 0 aliphatic carbocycles. The van der Waals surface area contributed by atoms with Gasteiger partial charge in [0.15, 0.2) is 5.96 Å². The molecule has 0 heterocycles. The lowest BCUT2D eigenvalue weighted by Crippen LogP contribution is -2.41. The lowest BCUT2D eigenvalue weighted by molar-refractivity contribution is -0.384. The van der Waals surface area contributed by atoms with Crippen LogP contribution in [0.2, 0.25) is 0 Å². The van der Waals surface area contributed by atoms with E-state index in [-0.39, 0.29) is 10.6 Å². The van der Waals surface area contributed by atoms with E-state index in [2.05, 4.69) is 48.2 Å². The number of guanidine groups is 1. The summed E-state index contributed by atoms with van der Waals surface area (Å²) in [5, 5.41) is 17.3. The topological polar surface area (TPSA) is 82.8 Å². The van der Waals surface area contributed by atoms with Crippen LogP contribution in [0.25, 0.3) is 0 Å². The molecule has 0 aliphatic rings. The smallest absolute Gasteiger partial charge is 0.269 e. The number of nitrogens with zero attached hydrogens (tertiary/aromatic N) is 3. The van der Waals surface area contributed by atoms with E-state index in [1.54, 1.807) is 19.2 Å². The Bertz CT molecular complexity index is 564. The maximum atomic E-state index is 10.8. The molecule has 25 heavy (non-hydrogen) atoms. The summed E-state index contributed by atoms with van der Waals surface area (Å²) < 4.78 is 0. The van der Waals surface area contributed by atoms with Gasteiger partial charge in [-0.15, -0.1) is 0 Å².